The molecule has 0 aliphatic carbocycles. The number of rotatable bonds is 2. The molecule has 2 rings (SSSR count). The van der Waals surface area contributed by atoms with E-state index in [9.17, 15) is 26.3 Å². The van der Waals surface area contributed by atoms with Crippen LogP contribution in [0.25, 0.3) is 0 Å². The molecule has 2 N–H and O–H groups in total. The molecule has 0 fully saturated rings. The van der Waals surface area contributed by atoms with Crippen molar-refractivity contribution >= 4 is 0 Å². The number of hydrogen-bond donors (Lipinski definition) is 2. The fraction of sp³-hybridized carbons (Fsp3) is 0.176. The van der Waals surface area contributed by atoms with E-state index in [4.69, 9.17) is 20.7 Å². The van der Waals surface area contributed by atoms with Crippen LogP contribution in [0.15, 0.2) is 48.5 Å². The molecule has 156 valence electrons. The molecule has 0 amide bonds. The van der Waals surface area contributed by atoms with Gasteiger partial charge in [-0.3, -0.25) is 0 Å². The van der Waals surface area contributed by atoms with E-state index in [-0.39, 0.29) is 11.5 Å². The zero-order valence-electron chi connectivity index (χ0n) is 14.2. The Balaban J connectivity index is 0.000000407. The molecule has 0 atom stereocenters. The first-order valence-corrected chi connectivity index (χ1v) is 7.19. The van der Waals surface area contributed by atoms with Crippen molar-refractivity contribution in [3.63, 3.8) is 0 Å². The minimum absolute atomic E-state index is 0.158. The van der Waals surface area contributed by atoms with Gasteiger partial charge < -0.3 is 19.7 Å². The molecule has 0 radical (unpaired) electrons. The maximum atomic E-state index is 10.8. The van der Waals surface area contributed by atoms with Crippen molar-refractivity contribution < 1.29 is 46.0 Å². The number of aromatic hydroxyl groups is 2. The van der Waals surface area contributed by atoms with Crippen LogP contribution in [-0.4, -0.2) is 22.6 Å². The van der Waals surface area contributed by atoms with Gasteiger partial charge in [0.05, 0.1) is 0 Å². The lowest BCUT2D eigenvalue weighted by molar-refractivity contribution is -0.232. The van der Waals surface area contributed by atoms with Gasteiger partial charge in [-0.15, -0.1) is 10.5 Å². The van der Waals surface area contributed by atoms with Crippen LogP contribution in [0, 0.1) is 23.0 Å². The molecule has 29 heavy (non-hydrogen) atoms. The fourth-order valence-corrected chi connectivity index (χ4v) is 1.36. The molecule has 2 aromatic carbocycles. The van der Waals surface area contributed by atoms with Crippen molar-refractivity contribution in [2.75, 3.05) is 0 Å². The second kappa shape index (κ2) is 11.8. The van der Waals surface area contributed by atoms with Gasteiger partial charge in [0.15, 0.2) is 0 Å². The van der Waals surface area contributed by atoms with Gasteiger partial charge in [-0.2, -0.15) is 26.3 Å². The summed E-state index contributed by atoms with van der Waals surface area (Å²) < 4.78 is 73.9. The molecule has 0 bridgehead atoms. The Morgan fingerprint density at radius 2 is 0.931 bits per heavy atom. The SMILES string of the molecule is FC(F)(F)CC(F)(F)F.N#COc1ccc(O)cc1.N#COc1ccc(O)cc1. The topological polar surface area (TPSA) is 106 Å². The average molecular weight is 422 g/mol. The minimum atomic E-state index is -5.14. The smallest absolute Gasteiger partial charge is 0.397 e. The normalized spacial score (nSPS) is 10.1. The molecule has 12 heteroatoms. The predicted octanol–water partition coefficient (Wildman–Crippen LogP) is 5.01. The molecule has 2 aromatic rings. The summed E-state index contributed by atoms with van der Waals surface area (Å²) in [7, 11) is 0. The number of nitriles is 2. The Kier molecular flexibility index (Phi) is 10.3. The Morgan fingerprint density at radius 1 is 0.655 bits per heavy atom. The highest BCUT2D eigenvalue weighted by atomic mass is 19.4. The zero-order valence-corrected chi connectivity index (χ0v) is 14.2. The van der Waals surface area contributed by atoms with Crippen LogP contribution < -0.4 is 9.47 Å². The molecular formula is C17H12F6N2O4. The molecule has 0 spiro atoms. The highest BCUT2D eigenvalue weighted by molar-refractivity contribution is 5.31. The van der Waals surface area contributed by atoms with Crippen molar-refractivity contribution in [2.45, 2.75) is 18.8 Å². The van der Waals surface area contributed by atoms with E-state index >= 15 is 0 Å². The Labute approximate surface area is 160 Å². The van der Waals surface area contributed by atoms with Gasteiger partial charge in [0.2, 0.25) is 0 Å². The van der Waals surface area contributed by atoms with Crippen LogP contribution in [0.5, 0.6) is 23.0 Å². The number of nitrogens with zero attached hydrogens (tertiary/aromatic N) is 2. The number of hydrogen-bond acceptors (Lipinski definition) is 6. The van der Waals surface area contributed by atoms with Crippen LogP contribution in [0.3, 0.4) is 0 Å². The summed E-state index contributed by atoms with van der Waals surface area (Å²) in [5.41, 5.74) is 0. The van der Waals surface area contributed by atoms with Crippen LogP contribution in [0.1, 0.15) is 6.42 Å². The van der Waals surface area contributed by atoms with Gasteiger partial charge in [-0.05, 0) is 48.5 Å². The third kappa shape index (κ3) is 15.0. The summed E-state index contributed by atoms with van der Waals surface area (Å²) in [4.78, 5) is 0. The molecule has 0 saturated heterocycles. The number of phenols is 2. The molecule has 0 aromatic heterocycles. The summed E-state index contributed by atoms with van der Waals surface area (Å²) in [6.45, 7) is 0. The summed E-state index contributed by atoms with van der Waals surface area (Å²) in [6.07, 6.45) is -9.95. The third-order valence-corrected chi connectivity index (χ3v) is 2.40. The first kappa shape index (κ1) is 25.2. The lowest BCUT2D eigenvalue weighted by Crippen LogP contribution is -2.20. The van der Waals surface area contributed by atoms with Crippen LogP contribution in [0.2, 0.25) is 0 Å². The zero-order chi connectivity index (χ0) is 22.5. The van der Waals surface area contributed by atoms with Gasteiger partial charge in [0, 0.05) is 0 Å². The molecule has 0 saturated carbocycles. The standard InChI is InChI=1S/2C7H5NO2.C3H2F6/c2*8-5-10-7-3-1-6(9)2-4-7;4-2(5,6)1-3(7,8)9/h2*1-4,9H;1H2. The van der Waals surface area contributed by atoms with Gasteiger partial charge >= 0.3 is 12.4 Å². The lowest BCUT2D eigenvalue weighted by atomic mass is 10.3. The number of ether oxygens (including phenoxy) is 2. The van der Waals surface area contributed by atoms with Crippen molar-refractivity contribution in [3.8, 4) is 35.5 Å². The van der Waals surface area contributed by atoms with Gasteiger partial charge in [-0.1, -0.05) is 0 Å². The summed E-state index contributed by atoms with van der Waals surface area (Å²) in [5.74, 6) is 1.18. The molecule has 6 nitrogen and oxygen atoms in total. The van der Waals surface area contributed by atoms with E-state index in [0.717, 1.165) is 0 Å². The highest BCUT2D eigenvalue weighted by Gasteiger charge is 2.43. The quantitative estimate of drug-likeness (QED) is 0.521. The van der Waals surface area contributed by atoms with Crippen LogP contribution >= 0.6 is 0 Å². The highest BCUT2D eigenvalue weighted by Crippen LogP contribution is 2.31. The van der Waals surface area contributed by atoms with Crippen molar-refractivity contribution in [2.24, 2.45) is 0 Å². The van der Waals surface area contributed by atoms with Gasteiger partial charge in [0.25, 0.3) is 12.5 Å². The van der Waals surface area contributed by atoms with Crippen LogP contribution in [-0.2, 0) is 0 Å². The monoisotopic (exact) mass is 422 g/mol. The molecule has 0 heterocycles. The number of alkyl halides is 6. The van der Waals surface area contributed by atoms with E-state index in [0.29, 0.717) is 11.5 Å². The number of halogens is 6. The summed E-state index contributed by atoms with van der Waals surface area (Å²) >= 11 is 0. The van der Waals surface area contributed by atoms with E-state index < -0.39 is 18.8 Å². The van der Waals surface area contributed by atoms with Crippen LogP contribution in [0.4, 0.5) is 26.3 Å². The minimum Gasteiger partial charge on any atom is -0.508 e. The second-order valence-electron chi connectivity index (χ2n) is 4.78. The van der Waals surface area contributed by atoms with Crippen molar-refractivity contribution in [3.05, 3.63) is 48.5 Å². The molecule has 0 aliphatic heterocycles. The van der Waals surface area contributed by atoms with Gasteiger partial charge in [0.1, 0.15) is 29.4 Å². The Bertz CT molecular complexity index is 737. The second-order valence-corrected chi connectivity index (χ2v) is 4.78. The number of phenolic OH excluding ortho intramolecular Hbond substituents is 2. The number of benzene rings is 2. The van der Waals surface area contributed by atoms with Gasteiger partial charge in [-0.25, -0.2) is 0 Å². The van der Waals surface area contributed by atoms with E-state index in [1.807, 2.05) is 0 Å². The van der Waals surface area contributed by atoms with E-state index in [1.54, 1.807) is 0 Å². The largest absolute Gasteiger partial charge is 0.508 e. The predicted molar refractivity (Wildman–Crippen MR) is 85.4 cm³/mol. The molecular weight excluding hydrogens is 410 g/mol. The van der Waals surface area contributed by atoms with Crippen molar-refractivity contribution in [1.29, 1.82) is 10.5 Å². The maximum Gasteiger partial charge on any atom is 0.397 e. The molecule has 0 unspecified atom stereocenters. The average Bonchev–Trinajstić information content (AvgIpc) is 2.57. The fourth-order valence-electron chi connectivity index (χ4n) is 1.36. The van der Waals surface area contributed by atoms with E-state index in [2.05, 4.69) is 9.47 Å². The summed E-state index contributed by atoms with van der Waals surface area (Å²) in [5, 5.41) is 33.7. The maximum absolute atomic E-state index is 10.8. The first-order chi connectivity index (χ1) is 13.4. The Morgan fingerprint density at radius 3 is 1.10 bits per heavy atom. The lowest BCUT2D eigenvalue weighted by Gasteiger charge is -2.08. The first-order valence-electron chi connectivity index (χ1n) is 7.19. The Hall–Kier alpha value is -3.80. The summed E-state index contributed by atoms with van der Waals surface area (Å²) in [6, 6.07) is 11.9. The molecule has 0 aliphatic rings. The van der Waals surface area contributed by atoms with Crippen molar-refractivity contribution in [1.82, 2.24) is 0 Å². The third-order valence-electron chi connectivity index (χ3n) is 2.40. The van der Waals surface area contributed by atoms with E-state index in [1.165, 1.54) is 61.0 Å².